The molecule has 0 fully saturated rings. The number of amides is 1. The largest absolute Gasteiger partial charge is 0.469 e. The van der Waals surface area contributed by atoms with Crippen molar-refractivity contribution >= 4 is 5.91 Å². The summed E-state index contributed by atoms with van der Waals surface area (Å²) in [6.07, 6.45) is 4.87. The van der Waals surface area contributed by atoms with Crippen LogP contribution in [0.15, 0.2) is 29.0 Å². The highest BCUT2D eigenvalue weighted by Gasteiger charge is 2.13. The zero-order chi connectivity index (χ0) is 13.0. The second kappa shape index (κ2) is 5.53. The minimum absolute atomic E-state index is 0.0896. The average molecular weight is 247 g/mol. The maximum atomic E-state index is 11.9. The lowest BCUT2D eigenvalue weighted by atomic mass is 10.1. The molecule has 2 aromatic heterocycles. The number of aryl methyl sites for hydroxylation is 2. The summed E-state index contributed by atoms with van der Waals surface area (Å²) < 4.78 is 5.25. The van der Waals surface area contributed by atoms with E-state index in [0.29, 0.717) is 5.56 Å². The Labute approximate surface area is 106 Å². The molecule has 2 aromatic rings. The first kappa shape index (κ1) is 12.4. The van der Waals surface area contributed by atoms with Gasteiger partial charge in [0.05, 0.1) is 18.0 Å². The predicted molar refractivity (Wildman–Crippen MR) is 67.3 cm³/mol. The van der Waals surface area contributed by atoms with E-state index in [1.807, 2.05) is 26.0 Å². The fourth-order valence-electron chi connectivity index (χ4n) is 1.77. The number of carbonyl (C=O) groups excluding carboxylic acids is 1. The summed E-state index contributed by atoms with van der Waals surface area (Å²) in [6.45, 7) is 3.81. The van der Waals surface area contributed by atoms with Crippen LogP contribution in [-0.2, 0) is 6.42 Å². The van der Waals surface area contributed by atoms with Crippen LogP contribution in [0, 0.1) is 6.92 Å². The molecule has 0 saturated heterocycles. The van der Waals surface area contributed by atoms with Gasteiger partial charge in [-0.15, -0.1) is 0 Å². The van der Waals surface area contributed by atoms with E-state index in [0.717, 1.165) is 24.3 Å². The van der Waals surface area contributed by atoms with Crippen LogP contribution in [0.5, 0.6) is 0 Å². The van der Waals surface area contributed by atoms with Crippen LogP contribution in [0.2, 0.25) is 0 Å². The topological polar surface area (TPSA) is 70.9 Å². The molecule has 18 heavy (non-hydrogen) atoms. The average Bonchev–Trinajstić information content (AvgIpc) is 2.97. The Morgan fingerprint density at radius 2 is 2.44 bits per heavy atom. The van der Waals surface area contributed by atoms with E-state index in [-0.39, 0.29) is 11.9 Å². The molecule has 0 saturated carbocycles. The molecule has 0 aliphatic heterocycles. The Morgan fingerprint density at radius 3 is 3.06 bits per heavy atom. The zero-order valence-electron chi connectivity index (χ0n) is 10.6. The normalized spacial score (nSPS) is 12.3. The molecule has 2 heterocycles. The first-order valence-electron chi connectivity index (χ1n) is 6.00. The summed E-state index contributed by atoms with van der Waals surface area (Å²) in [5.74, 6) is 0.851. The summed E-state index contributed by atoms with van der Waals surface area (Å²) in [6, 6.07) is 3.90. The van der Waals surface area contributed by atoms with Crippen molar-refractivity contribution in [3.63, 3.8) is 0 Å². The number of furan rings is 1. The molecule has 1 amide bonds. The molecule has 0 aromatic carbocycles. The second-order valence-corrected chi connectivity index (χ2v) is 4.40. The molecular formula is C13H17N3O2. The number of nitrogens with zero attached hydrogens (tertiary/aromatic N) is 1. The van der Waals surface area contributed by atoms with E-state index < -0.39 is 0 Å². The first-order chi connectivity index (χ1) is 8.66. The summed E-state index contributed by atoms with van der Waals surface area (Å²) in [7, 11) is 0. The highest BCUT2D eigenvalue weighted by Crippen LogP contribution is 2.07. The van der Waals surface area contributed by atoms with Crippen LogP contribution < -0.4 is 5.32 Å². The fourth-order valence-corrected chi connectivity index (χ4v) is 1.77. The van der Waals surface area contributed by atoms with E-state index in [9.17, 15) is 4.79 Å². The minimum atomic E-state index is -0.0896. The van der Waals surface area contributed by atoms with Gasteiger partial charge in [0.1, 0.15) is 5.76 Å². The Morgan fingerprint density at radius 1 is 1.61 bits per heavy atom. The van der Waals surface area contributed by atoms with Gasteiger partial charge in [0.25, 0.3) is 5.91 Å². The molecule has 5 heteroatoms. The molecule has 0 radical (unpaired) electrons. The first-order valence-corrected chi connectivity index (χ1v) is 6.00. The van der Waals surface area contributed by atoms with Crippen molar-refractivity contribution in [2.75, 3.05) is 0 Å². The highest BCUT2D eigenvalue weighted by atomic mass is 16.3. The fraction of sp³-hybridized carbons (Fsp3) is 0.385. The second-order valence-electron chi connectivity index (χ2n) is 4.40. The van der Waals surface area contributed by atoms with Gasteiger partial charge >= 0.3 is 0 Å². The Hall–Kier alpha value is -2.04. The minimum Gasteiger partial charge on any atom is -0.469 e. The van der Waals surface area contributed by atoms with Crippen molar-refractivity contribution in [1.29, 1.82) is 0 Å². The number of nitrogens with one attached hydrogen (secondary N) is 2. The van der Waals surface area contributed by atoms with Gasteiger partial charge in [-0.05, 0) is 32.4 Å². The lowest BCUT2D eigenvalue weighted by molar-refractivity contribution is 0.0937. The third kappa shape index (κ3) is 3.00. The van der Waals surface area contributed by atoms with Gasteiger partial charge in [-0.3, -0.25) is 9.89 Å². The van der Waals surface area contributed by atoms with E-state index in [1.165, 1.54) is 0 Å². The maximum absolute atomic E-state index is 11.9. The molecule has 2 rings (SSSR count). The Kier molecular flexibility index (Phi) is 3.82. The number of hydrogen-bond donors (Lipinski definition) is 2. The molecule has 0 aliphatic carbocycles. The van der Waals surface area contributed by atoms with Gasteiger partial charge in [0.15, 0.2) is 0 Å². The number of aromatic nitrogens is 2. The van der Waals surface area contributed by atoms with Crippen molar-refractivity contribution < 1.29 is 9.21 Å². The van der Waals surface area contributed by atoms with Crippen molar-refractivity contribution in [2.24, 2.45) is 0 Å². The van der Waals surface area contributed by atoms with Crippen molar-refractivity contribution in [2.45, 2.75) is 32.7 Å². The smallest absolute Gasteiger partial charge is 0.254 e. The summed E-state index contributed by atoms with van der Waals surface area (Å²) in [5.41, 5.74) is 1.38. The number of carbonyl (C=O) groups is 1. The number of aromatic amines is 1. The van der Waals surface area contributed by atoms with Crippen molar-refractivity contribution in [3.8, 4) is 0 Å². The van der Waals surface area contributed by atoms with Crippen molar-refractivity contribution in [3.05, 3.63) is 41.6 Å². The van der Waals surface area contributed by atoms with Crippen LogP contribution in [0.4, 0.5) is 0 Å². The molecule has 0 bridgehead atoms. The van der Waals surface area contributed by atoms with Crippen LogP contribution in [0.1, 0.15) is 35.2 Å². The van der Waals surface area contributed by atoms with Crippen LogP contribution >= 0.6 is 0 Å². The quantitative estimate of drug-likeness (QED) is 0.849. The van der Waals surface area contributed by atoms with Crippen molar-refractivity contribution in [1.82, 2.24) is 15.5 Å². The molecule has 96 valence electrons. The van der Waals surface area contributed by atoms with Gasteiger partial charge < -0.3 is 9.73 Å². The molecular weight excluding hydrogens is 230 g/mol. The third-order valence-corrected chi connectivity index (χ3v) is 2.86. The standard InChI is InChI=1S/C13H17N3O2/c1-9(5-6-11-4-3-7-18-11)15-13(17)12-8-14-16-10(12)2/h3-4,7-9H,5-6H2,1-2H3,(H,14,16)(H,15,17). The lowest BCUT2D eigenvalue weighted by Gasteiger charge is -2.12. The van der Waals surface area contributed by atoms with Gasteiger partial charge in [0, 0.05) is 18.2 Å². The molecule has 1 unspecified atom stereocenters. The molecule has 0 spiro atoms. The number of H-pyrrole nitrogens is 1. The van der Waals surface area contributed by atoms with Crippen LogP contribution in [-0.4, -0.2) is 22.1 Å². The molecule has 5 nitrogen and oxygen atoms in total. The van der Waals surface area contributed by atoms with Crippen LogP contribution in [0.3, 0.4) is 0 Å². The van der Waals surface area contributed by atoms with E-state index in [2.05, 4.69) is 15.5 Å². The molecule has 1 atom stereocenters. The van der Waals surface area contributed by atoms with Gasteiger partial charge in [-0.2, -0.15) is 5.10 Å². The lowest BCUT2D eigenvalue weighted by Crippen LogP contribution is -2.33. The Balaban J connectivity index is 1.82. The SMILES string of the molecule is Cc1[nH]ncc1C(=O)NC(C)CCc1ccco1. The van der Waals surface area contributed by atoms with E-state index in [1.54, 1.807) is 12.5 Å². The number of hydrogen-bond acceptors (Lipinski definition) is 3. The van der Waals surface area contributed by atoms with E-state index in [4.69, 9.17) is 4.42 Å². The summed E-state index contributed by atoms with van der Waals surface area (Å²) >= 11 is 0. The predicted octanol–water partition coefficient (Wildman–Crippen LogP) is 2.06. The third-order valence-electron chi connectivity index (χ3n) is 2.86. The zero-order valence-corrected chi connectivity index (χ0v) is 10.6. The van der Waals surface area contributed by atoms with Gasteiger partial charge in [0.2, 0.25) is 0 Å². The summed E-state index contributed by atoms with van der Waals surface area (Å²) in [5, 5.41) is 9.53. The van der Waals surface area contributed by atoms with Gasteiger partial charge in [-0.25, -0.2) is 0 Å². The highest BCUT2D eigenvalue weighted by molar-refractivity contribution is 5.95. The van der Waals surface area contributed by atoms with Gasteiger partial charge in [-0.1, -0.05) is 0 Å². The number of rotatable bonds is 5. The monoisotopic (exact) mass is 247 g/mol. The maximum Gasteiger partial charge on any atom is 0.254 e. The van der Waals surface area contributed by atoms with Crippen LogP contribution in [0.25, 0.3) is 0 Å². The Bertz CT molecular complexity index is 502. The van der Waals surface area contributed by atoms with E-state index >= 15 is 0 Å². The molecule has 0 aliphatic rings. The summed E-state index contributed by atoms with van der Waals surface area (Å²) in [4.78, 5) is 11.9. The molecule has 2 N–H and O–H groups in total.